The fourth-order valence-corrected chi connectivity index (χ4v) is 4.17. The molecule has 4 rings (SSSR count). The third-order valence-corrected chi connectivity index (χ3v) is 5.83. The van der Waals surface area contributed by atoms with Crippen molar-refractivity contribution in [1.82, 2.24) is 14.9 Å². The smallest absolute Gasteiger partial charge is 0.320 e. The molecular formula is C22H27N5O3. The van der Waals surface area contributed by atoms with Crippen LogP contribution in [-0.2, 0) is 11.2 Å². The van der Waals surface area contributed by atoms with Gasteiger partial charge in [-0.2, -0.15) is 0 Å². The second-order valence-corrected chi connectivity index (χ2v) is 8.00. The highest BCUT2D eigenvalue weighted by Gasteiger charge is 2.23. The average Bonchev–Trinajstić information content (AvgIpc) is 2.78. The molecule has 0 saturated carbocycles. The largest absolute Gasteiger partial charge is 0.381 e. The van der Waals surface area contributed by atoms with Crippen LogP contribution in [0, 0.1) is 5.92 Å². The predicted molar refractivity (Wildman–Crippen MR) is 113 cm³/mol. The Labute approximate surface area is 176 Å². The number of pyridine rings is 2. The van der Waals surface area contributed by atoms with Crippen molar-refractivity contribution in [3.63, 3.8) is 0 Å². The van der Waals surface area contributed by atoms with Crippen LogP contribution >= 0.6 is 0 Å². The molecule has 30 heavy (non-hydrogen) atoms. The lowest BCUT2D eigenvalue weighted by Gasteiger charge is -2.27. The zero-order valence-corrected chi connectivity index (χ0v) is 17.2. The Kier molecular flexibility index (Phi) is 5.94. The number of nitrogens with two attached hydrogens (primary N) is 1. The van der Waals surface area contributed by atoms with Gasteiger partial charge in [0.05, 0.1) is 5.56 Å². The van der Waals surface area contributed by atoms with Crippen LogP contribution in [0.15, 0.2) is 30.7 Å². The Balaban J connectivity index is 1.53. The summed E-state index contributed by atoms with van der Waals surface area (Å²) in [6.45, 7) is 2.83. The van der Waals surface area contributed by atoms with Crippen LogP contribution in [-0.4, -0.2) is 60.2 Å². The summed E-state index contributed by atoms with van der Waals surface area (Å²) in [6, 6.07) is 3.38. The number of fused-ring (bicyclic) bond motifs is 1. The average molecular weight is 409 g/mol. The van der Waals surface area contributed by atoms with Gasteiger partial charge in [0.1, 0.15) is 5.82 Å². The molecule has 1 saturated heterocycles. The van der Waals surface area contributed by atoms with E-state index in [-0.39, 0.29) is 5.91 Å². The summed E-state index contributed by atoms with van der Waals surface area (Å²) in [6.07, 6.45) is 8.68. The van der Waals surface area contributed by atoms with Gasteiger partial charge in [-0.25, -0.2) is 9.78 Å². The lowest BCUT2D eigenvalue weighted by molar-refractivity contribution is 0.0497. The zero-order chi connectivity index (χ0) is 21.1. The third kappa shape index (κ3) is 4.28. The highest BCUT2D eigenvalue weighted by molar-refractivity contribution is 5.95. The molecule has 2 aliphatic heterocycles. The van der Waals surface area contributed by atoms with Crippen LogP contribution in [0.4, 0.5) is 10.6 Å². The van der Waals surface area contributed by atoms with Crippen molar-refractivity contribution in [2.45, 2.75) is 25.7 Å². The monoisotopic (exact) mass is 409 g/mol. The van der Waals surface area contributed by atoms with E-state index in [1.54, 1.807) is 23.5 Å². The number of carbonyl (C=O) groups is 2. The van der Waals surface area contributed by atoms with Gasteiger partial charge < -0.3 is 15.4 Å². The minimum atomic E-state index is -0.488. The van der Waals surface area contributed by atoms with Gasteiger partial charge >= 0.3 is 6.03 Å². The Morgan fingerprint density at radius 3 is 2.73 bits per heavy atom. The standard InChI is InChI=1S/C22H27N5O3/c1-26(14-15-4-7-30-8-5-15)21(28)19-10-17(11-24-12-19)18-9-16-3-2-6-27(22(23)29)20(16)25-13-18/h9-13,15H,2-8,14H2,1H3,(H2,23,29). The maximum atomic E-state index is 12.9. The van der Waals surface area contributed by atoms with E-state index in [4.69, 9.17) is 10.5 Å². The maximum absolute atomic E-state index is 12.9. The van der Waals surface area contributed by atoms with Crippen molar-refractivity contribution < 1.29 is 14.3 Å². The van der Waals surface area contributed by atoms with Crippen LogP contribution in [0.3, 0.4) is 0 Å². The van der Waals surface area contributed by atoms with E-state index in [1.807, 2.05) is 19.2 Å². The quantitative estimate of drug-likeness (QED) is 0.836. The summed E-state index contributed by atoms with van der Waals surface area (Å²) in [5.41, 5.74) is 8.69. The topological polar surface area (TPSA) is 102 Å². The van der Waals surface area contributed by atoms with Gasteiger partial charge in [-0.3, -0.25) is 14.7 Å². The van der Waals surface area contributed by atoms with E-state index in [1.165, 1.54) is 4.90 Å². The predicted octanol–water partition coefficient (Wildman–Crippen LogP) is 2.47. The minimum absolute atomic E-state index is 0.0401. The molecule has 0 bridgehead atoms. The SMILES string of the molecule is CN(CC1CCOCC1)C(=O)c1cncc(-c2cnc3c(c2)CCCN3C(N)=O)c1. The molecule has 8 heteroatoms. The lowest BCUT2D eigenvalue weighted by Crippen LogP contribution is -2.40. The van der Waals surface area contributed by atoms with E-state index >= 15 is 0 Å². The van der Waals surface area contributed by atoms with Crippen molar-refractivity contribution >= 4 is 17.8 Å². The molecule has 0 radical (unpaired) electrons. The molecule has 3 amide bonds. The number of primary amides is 1. The third-order valence-electron chi connectivity index (χ3n) is 5.83. The normalized spacial score (nSPS) is 16.8. The van der Waals surface area contributed by atoms with Crippen molar-refractivity contribution in [2.75, 3.05) is 38.3 Å². The first-order valence-electron chi connectivity index (χ1n) is 10.4. The van der Waals surface area contributed by atoms with E-state index in [9.17, 15) is 9.59 Å². The second kappa shape index (κ2) is 8.79. The van der Waals surface area contributed by atoms with Gasteiger partial charge in [-0.1, -0.05) is 0 Å². The number of urea groups is 1. The molecule has 0 aromatic carbocycles. The summed E-state index contributed by atoms with van der Waals surface area (Å²) in [5.74, 6) is 1.05. The number of hydrogen-bond donors (Lipinski definition) is 1. The first-order valence-corrected chi connectivity index (χ1v) is 10.4. The fourth-order valence-electron chi connectivity index (χ4n) is 4.17. The molecule has 0 atom stereocenters. The molecule has 2 N–H and O–H groups in total. The Bertz CT molecular complexity index is 942. The second-order valence-electron chi connectivity index (χ2n) is 8.00. The van der Waals surface area contributed by atoms with Crippen LogP contribution in [0.5, 0.6) is 0 Å². The number of ether oxygens (including phenoxy) is 1. The number of nitrogens with zero attached hydrogens (tertiary/aromatic N) is 4. The van der Waals surface area contributed by atoms with Crippen LogP contribution < -0.4 is 10.6 Å². The maximum Gasteiger partial charge on any atom is 0.320 e. The molecule has 2 aliphatic rings. The Morgan fingerprint density at radius 1 is 1.20 bits per heavy atom. The summed E-state index contributed by atoms with van der Waals surface area (Å²) in [7, 11) is 1.84. The number of hydrogen-bond acceptors (Lipinski definition) is 5. The van der Waals surface area contributed by atoms with Gasteiger partial charge in [-0.05, 0) is 49.3 Å². The molecule has 2 aromatic rings. The van der Waals surface area contributed by atoms with E-state index in [0.717, 1.165) is 62.1 Å². The fraction of sp³-hybridized carbons (Fsp3) is 0.455. The highest BCUT2D eigenvalue weighted by atomic mass is 16.5. The first kappa shape index (κ1) is 20.3. The van der Waals surface area contributed by atoms with Crippen LogP contribution in [0.2, 0.25) is 0 Å². The van der Waals surface area contributed by atoms with Crippen molar-refractivity contribution in [1.29, 1.82) is 0 Å². The minimum Gasteiger partial charge on any atom is -0.381 e. The molecule has 1 fully saturated rings. The molecule has 0 aliphatic carbocycles. The van der Waals surface area contributed by atoms with Gasteiger partial charge in [0.15, 0.2) is 0 Å². The van der Waals surface area contributed by atoms with Crippen molar-refractivity contribution in [3.05, 3.63) is 41.9 Å². The summed E-state index contributed by atoms with van der Waals surface area (Å²) in [4.78, 5) is 36.6. The van der Waals surface area contributed by atoms with E-state index in [2.05, 4.69) is 9.97 Å². The first-order chi connectivity index (χ1) is 14.5. The zero-order valence-electron chi connectivity index (χ0n) is 17.2. The number of carbonyl (C=O) groups excluding carboxylic acids is 2. The van der Waals surface area contributed by atoms with Gasteiger partial charge in [0.25, 0.3) is 5.91 Å². The highest BCUT2D eigenvalue weighted by Crippen LogP contribution is 2.29. The summed E-state index contributed by atoms with van der Waals surface area (Å²) in [5, 5.41) is 0. The summed E-state index contributed by atoms with van der Waals surface area (Å²) >= 11 is 0. The molecule has 0 spiro atoms. The number of amides is 3. The number of rotatable bonds is 4. The number of aryl methyl sites for hydroxylation is 1. The van der Waals surface area contributed by atoms with Crippen molar-refractivity contribution in [3.8, 4) is 11.1 Å². The molecule has 8 nitrogen and oxygen atoms in total. The molecular weight excluding hydrogens is 382 g/mol. The molecule has 158 valence electrons. The van der Waals surface area contributed by atoms with Crippen LogP contribution in [0.1, 0.15) is 35.2 Å². The van der Waals surface area contributed by atoms with Crippen molar-refractivity contribution in [2.24, 2.45) is 11.7 Å². The molecule has 4 heterocycles. The Morgan fingerprint density at radius 2 is 1.97 bits per heavy atom. The molecule has 2 aromatic heterocycles. The number of aromatic nitrogens is 2. The van der Waals surface area contributed by atoms with Crippen LogP contribution in [0.25, 0.3) is 11.1 Å². The van der Waals surface area contributed by atoms with E-state index in [0.29, 0.717) is 23.8 Å². The van der Waals surface area contributed by atoms with Gasteiger partial charge in [0.2, 0.25) is 0 Å². The van der Waals surface area contributed by atoms with Gasteiger partial charge in [0, 0.05) is 63.1 Å². The molecule has 0 unspecified atom stereocenters. The Hall–Kier alpha value is -3.00. The summed E-state index contributed by atoms with van der Waals surface area (Å²) < 4.78 is 5.40. The van der Waals surface area contributed by atoms with E-state index < -0.39 is 6.03 Å². The van der Waals surface area contributed by atoms with Gasteiger partial charge in [-0.15, -0.1) is 0 Å². The number of anilines is 1. The lowest BCUT2D eigenvalue weighted by atomic mass is 9.99.